The molecule has 0 aliphatic carbocycles. The molecule has 0 atom stereocenters. The first-order chi connectivity index (χ1) is 18.1. The molecule has 2 aliphatic rings. The molecule has 0 spiro atoms. The quantitative estimate of drug-likeness (QED) is 0.467. The molecular weight excluding hydrogens is 528 g/mol. The smallest absolute Gasteiger partial charge is 0.293 e. The SMILES string of the molecule is COc1ccc(/C=C2\SC(=O)N(CCNC(=O)c3cc(S(=O)(=O)N(C)C)ccc3N3CCCC3)C2=O)cc1. The van der Waals surface area contributed by atoms with Gasteiger partial charge >= 0.3 is 0 Å². The van der Waals surface area contributed by atoms with E-state index in [9.17, 15) is 22.8 Å². The van der Waals surface area contributed by atoms with Gasteiger partial charge < -0.3 is 15.0 Å². The minimum Gasteiger partial charge on any atom is -0.497 e. The topological polar surface area (TPSA) is 116 Å². The van der Waals surface area contributed by atoms with Gasteiger partial charge in [0.25, 0.3) is 17.1 Å². The Labute approximate surface area is 226 Å². The van der Waals surface area contributed by atoms with Crippen LogP contribution in [0.2, 0.25) is 0 Å². The van der Waals surface area contributed by atoms with Crippen LogP contribution in [-0.2, 0) is 14.8 Å². The van der Waals surface area contributed by atoms with Crippen LogP contribution in [0.5, 0.6) is 5.75 Å². The highest BCUT2D eigenvalue weighted by molar-refractivity contribution is 8.18. The van der Waals surface area contributed by atoms with E-state index in [0.717, 1.165) is 52.5 Å². The Kier molecular flexibility index (Phi) is 8.44. The lowest BCUT2D eigenvalue weighted by Crippen LogP contribution is -2.37. The van der Waals surface area contributed by atoms with E-state index in [1.54, 1.807) is 43.5 Å². The lowest BCUT2D eigenvalue weighted by Gasteiger charge is -2.22. The Balaban J connectivity index is 1.46. The fourth-order valence-corrected chi connectivity index (χ4v) is 6.02. The third-order valence-electron chi connectivity index (χ3n) is 6.35. The number of benzene rings is 2. The predicted octanol–water partition coefficient (Wildman–Crippen LogP) is 3.01. The molecular formula is C26H30N4O6S2. The summed E-state index contributed by atoms with van der Waals surface area (Å²) in [5.41, 5.74) is 1.65. The molecule has 38 heavy (non-hydrogen) atoms. The third-order valence-corrected chi connectivity index (χ3v) is 9.06. The lowest BCUT2D eigenvalue weighted by molar-refractivity contribution is -0.122. The Bertz CT molecular complexity index is 1370. The molecule has 0 unspecified atom stereocenters. The number of amides is 3. The molecule has 2 saturated heterocycles. The van der Waals surface area contributed by atoms with E-state index in [2.05, 4.69) is 10.2 Å². The molecule has 202 valence electrons. The first kappa shape index (κ1) is 27.7. The number of carbonyl (C=O) groups is 3. The summed E-state index contributed by atoms with van der Waals surface area (Å²) >= 11 is 0.845. The van der Waals surface area contributed by atoms with Gasteiger partial charge in [0, 0.05) is 46.0 Å². The molecule has 10 nitrogen and oxygen atoms in total. The van der Waals surface area contributed by atoms with Gasteiger partial charge in [-0.05, 0) is 66.6 Å². The van der Waals surface area contributed by atoms with E-state index in [-0.39, 0.29) is 23.5 Å². The number of carbonyl (C=O) groups excluding carboxylic acids is 3. The summed E-state index contributed by atoms with van der Waals surface area (Å²) in [4.78, 5) is 42.0. The van der Waals surface area contributed by atoms with Gasteiger partial charge in [-0.3, -0.25) is 19.3 Å². The number of sulfonamides is 1. The van der Waals surface area contributed by atoms with Crippen molar-refractivity contribution >= 4 is 50.6 Å². The first-order valence-corrected chi connectivity index (χ1v) is 14.4. The van der Waals surface area contributed by atoms with E-state index in [1.807, 2.05) is 0 Å². The van der Waals surface area contributed by atoms with Crippen molar-refractivity contribution in [2.75, 3.05) is 52.3 Å². The van der Waals surface area contributed by atoms with Crippen LogP contribution >= 0.6 is 11.8 Å². The average Bonchev–Trinajstić information content (AvgIpc) is 3.53. The van der Waals surface area contributed by atoms with Crippen molar-refractivity contribution < 1.29 is 27.5 Å². The van der Waals surface area contributed by atoms with Gasteiger partial charge in [0.2, 0.25) is 10.0 Å². The van der Waals surface area contributed by atoms with E-state index in [0.29, 0.717) is 16.3 Å². The minimum absolute atomic E-state index is 0.00884. The monoisotopic (exact) mass is 558 g/mol. The van der Waals surface area contributed by atoms with Crippen LogP contribution in [0.1, 0.15) is 28.8 Å². The number of imide groups is 1. The average molecular weight is 559 g/mol. The Morgan fingerprint density at radius 2 is 1.79 bits per heavy atom. The zero-order chi connectivity index (χ0) is 27.4. The fraction of sp³-hybridized carbons (Fsp3) is 0.346. The second-order valence-electron chi connectivity index (χ2n) is 9.02. The lowest BCUT2D eigenvalue weighted by atomic mass is 10.1. The molecule has 2 fully saturated rings. The predicted molar refractivity (Wildman–Crippen MR) is 147 cm³/mol. The standard InChI is InChI=1S/C26H30N4O6S2/c1-28(2)38(34,35)20-10-11-22(29-13-4-5-14-29)21(17-20)24(31)27-12-15-30-25(32)23(37-26(30)33)16-18-6-8-19(36-3)9-7-18/h6-11,16-17H,4-5,12-15H2,1-3H3,(H,27,31)/b23-16-. The number of hydrogen-bond acceptors (Lipinski definition) is 8. The molecule has 2 aromatic carbocycles. The molecule has 12 heteroatoms. The van der Waals surface area contributed by atoms with E-state index < -0.39 is 27.1 Å². The molecule has 0 aromatic heterocycles. The van der Waals surface area contributed by atoms with Crippen molar-refractivity contribution in [3.05, 3.63) is 58.5 Å². The normalized spacial score (nSPS) is 17.1. The summed E-state index contributed by atoms with van der Waals surface area (Å²) < 4.78 is 31.6. The van der Waals surface area contributed by atoms with E-state index >= 15 is 0 Å². The number of nitrogens with one attached hydrogen (secondary N) is 1. The molecule has 2 aromatic rings. The molecule has 2 aliphatic heterocycles. The summed E-state index contributed by atoms with van der Waals surface area (Å²) in [5, 5.41) is 2.34. The van der Waals surface area contributed by atoms with Crippen molar-refractivity contribution in [2.45, 2.75) is 17.7 Å². The number of hydrogen-bond donors (Lipinski definition) is 1. The van der Waals surface area contributed by atoms with Gasteiger partial charge in [-0.1, -0.05) is 12.1 Å². The fourth-order valence-electron chi connectivity index (χ4n) is 4.22. The molecule has 2 heterocycles. The van der Waals surface area contributed by atoms with E-state index in [1.165, 1.54) is 26.2 Å². The maximum absolute atomic E-state index is 13.2. The van der Waals surface area contributed by atoms with Crippen molar-refractivity contribution in [3.8, 4) is 5.75 Å². The zero-order valence-electron chi connectivity index (χ0n) is 21.5. The maximum Gasteiger partial charge on any atom is 0.293 e. The van der Waals surface area contributed by atoms with Crippen molar-refractivity contribution in [1.29, 1.82) is 0 Å². The summed E-state index contributed by atoms with van der Waals surface area (Å²) in [6.07, 6.45) is 3.62. The van der Waals surface area contributed by atoms with Crippen LogP contribution in [0.4, 0.5) is 10.5 Å². The highest BCUT2D eigenvalue weighted by Gasteiger charge is 2.35. The highest BCUT2D eigenvalue weighted by Crippen LogP contribution is 2.32. The van der Waals surface area contributed by atoms with Gasteiger partial charge in [-0.25, -0.2) is 12.7 Å². The van der Waals surface area contributed by atoms with Gasteiger partial charge in [-0.2, -0.15) is 0 Å². The van der Waals surface area contributed by atoms with Gasteiger partial charge in [0.05, 0.1) is 22.5 Å². The van der Waals surface area contributed by atoms with Crippen molar-refractivity contribution in [3.63, 3.8) is 0 Å². The molecule has 0 bridgehead atoms. The van der Waals surface area contributed by atoms with Crippen LogP contribution in [0.25, 0.3) is 6.08 Å². The largest absolute Gasteiger partial charge is 0.497 e. The van der Waals surface area contributed by atoms with Crippen LogP contribution in [0.3, 0.4) is 0 Å². The number of nitrogens with zero attached hydrogens (tertiary/aromatic N) is 3. The highest BCUT2D eigenvalue weighted by atomic mass is 32.2. The number of ether oxygens (including phenoxy) is 1. The summed E-state index contributed by atoms with van der Waals surface area (Å²) in [5.74, 6) is -0.214. The Morgan fingerprint density at radius 3 is 2.42 bits per heavy atom. The van der Waals surface area contributed by atoms with Crippen LogP contribution in [-0.4, -0.2) is 82.1 Å². The second kappa shape index (κ2) is 11.6. The molecule has 0 saturated carbocycles. The van der Waals surface area contributed by atoms with Crippen molar-refractivity contribution in [2.24, 2.45) is 0 Å². The number of methoxy groups -OCH3 is 1. The van der Waals surface area contributed by atoms with Gasteiger partial charge in [-0.15, -0.1) is 0 Å². The van der Waals surface area contributed by atoms with Crippen LogP contribution < -0.4 is 15.0 Å². The molecule has 3 amide bonds. The molecule has 4 rings (SSSR count). The third kappa shape index (κ3) is 5.87. The summed E-state index contributed by atoms with van der Waals surface area (Å²) in [7, 11) is 0.695. The van der Waals surface area contributed by atoms with Crippen molar-refractivity contribution in [1.82, 2.24) is 14.5 Å². The Morgan fingerprint density at radius 1 is 1.11 bits per heavy atom. The van der Waals surface area contributed by atoms with Crippen LogP contribution in [0.15, 0.2) is 52.3 Å². The zero-order valence-corrected chi connectivity index (χ0v) is 23.1. The van der Waals surface area contributed by atoms with E-state index in [4.69, 9.17) is 4.74 Å². The number of rotatable bonds is 9. The number of thioether (sulfide) groups is 1. The summed E-state index contributed by atoms with van der Waals surface area (Å²) in [6.45, 7) is 1.57. The maximum atomic E-state index is 13.2. The molecule has 0 radical (unpaired) electrons. The first-order valence-electron chi connectivity index (χ1n) is 12.1. The van der Waals surface area contributed by atoms with Gasteiger partial charge in [0.1, 0.15) is 5.75 Å². The molecule has 1 N–H and O–H groups in total. The Hall–Kier alpha value is -3.35. The second-order valence-corrected chi connectivity index (χ2v) is 12.2. The van der Waals surface area contributed by atoms with Gasteiger partial charge in [0.15, 0.2) is 0 Å². The van der Waals surface area contributed by atoms with Crippen LogP contribution in [0, 0.1) is 0 Å². The minimum atomic E-state index is -3.74. The number of anilines is 1. The summed E-state index contributed by atoms with van der Waals surface area (Å²) in [6, 6.07) is 11.7.